The topological polar surface area (TPSA) is 66.4 Å². The molecule has 3 aromatic carbocycles. The van der Waals surface area contributed by atoms with Crippen LogP contribution in [-0.2, 0) is 4.79 Å². The van der Waals surface area contributed by atoms with E-state index >= 15 is 0 Å². The van der Waals surface area contributed by atoms with Gasteiger partial charge in [0.1, 0.15) is 0 Å². The number of hydrazone groups is 1. The highest BCUT2D eigenvalue weighted by molar-refractivity contribution is 5.99. The molecule has 7 nitrogen and oxygen atoms in total. The molecule has 1 heterocycles. The van der Waals surface area contributed by atoms with Gasteiger partial charge in [0.15, 0.2) is 11.5 Å². The van der Waals surface area contributed by atoms with Gasteiger partial charge in [-0.1, -0.05) is 60.7 Å². The normalized spacial score (nSPS) is 15.0. The van der Waals surface area contributed by atoms with Gasteiger partial charge < -0.3 is 14.4 Å². The molecule has 0 unspecified atom stereocenters. The van der Waals surface area contributed by atoms with Crippen molar-refractivity contribution < 1.29 is 14.3 Å². The average Bonchev–Trinajstić information content (AvgIpc) is 2.96. The zero-order valence-electron chi connectivity index (χ0n) is 21.9. The van der Waals surface area contributed by atoms with Crippen LogP contribution in [-0.4, -0.2) is 68.4 Å². The first-order valence-electron chi connectivity index (χ1n) is 12.7. The summed E-state index contributed by atoms with van der Waals surface area (Å²) in [5.74, 6) is 1.19. The maximum atomic E-state index is 12.5. The van der Waals surface area contributed by atoms with Crippen LogP contribution in [0.3, 0.4) is 0 Å². The Hall–Kier alpha value is -3.68. The summed E-state index contributed by atoms with van der Waals surface area (Å²) in [7, 11) is 3.20. The smallest absolute Gasteiger partial charge is 0.241 e. The number of ether oxygens (including phenoxy) is 2. The Kier molecular flexibility index (Phi) is 9.29. The summed E-state index contributed by atoms with van der Waals surface area (Å²) >= 11 is 0. The highest BCUT2D eigenvalue weighted by Crippen LogP contribution is 2.30. The molecule has 1 N–H and O–H groups in total. The number of carbonyl (C=O) groups excluding carboxylic acids is 1. The van der Waals surface area contributed by atoms with Gasteiger partial charge in [0, 0.05) is 44.7 Å². The summed E-state index contributed by atoms with van der Waals surface area (Å²) in [6.45, 7) is 6.33. The number of piperazine rings is 1. The number of hydrogen-bond donors (Lipinski definition) is 1. The molecule has 1 aliphatic rings. The van der Waals surface area contributed by atoms with Gasteiger partial charge >= 0.3 is 0 Å². The zero-order valence-corrected chi connectivity index (χ0v) is 21.9. The molecule has 0 radical (unpaired) electrons. The summed E-state index contributed by atoms with van der Waals surface area (Å²) in [5.41, 5.74) is 6.88. The maximum absolute atomic E-state index is 12.5. The predicted octanol–water partition coefficient (Wildman–Crippen LogP) is 4.34. The van der Waals surface area contributed by atoms with Crippen LogP contribution in [0.1, 0.15) is 36.1 Å². The summed E-state index contributed by atoms with van der Waals surface area (Å²) in [6, 6.07) is 27.2. The number of methoxy groups -OCH3 is 2. The van der Waals surface area contributed by atoms with Crippen molar-refractivity contribution in [2.75, 3.05) is 46.9 Å². The first-order valence-corrected chi connectivity index (χ1v) is 12.7. The molecular weight excluding hydrogens is 464 g/mol. The largest absolute Gasteiger partial charge is 0.493 e. The zero-order chi connectivity index (χ0) is 26.0. The second-order valence-electron chi connectivity index (χ2n) is 9.15. The molecule has 1 fully saturated rings. The van der Waals surface area contributed by atoms with Crippen molar-refractivity contribution in [3.8, 4) is 11.5 Å². The lowest BCUT2D eigenvalue weighted by Gasteiger charge is -2.39. The fourth-order valence-corrected chi connectivity index (χ4v) is 4.72. The fraction of sp³-hybridized carbons (Fsp3) is 0.333. The predicted molar refractivity (Wildman–Crippen MR) is 147 cm³/mol. The van der Waals surface area contributed by atoms with Crippen molar-refractivity contribution in [1.82, 2.24) is 15.2 Å². The van der Waals surface area contributed by atoms with Crippen molar-refractivity contribution >= 4 is 11.6 Å². The lowest BCUT2D eigenvalue weighted by atomic mass is 9.96. The van der Waals surface area contributed by atoms with Crippen LogP contribution in [0, 0.1) is 0 Å². The molecule has 1 amide bonds. The van der Waals surface area contributed by atoms with Gasteiger partial charge in [-0.2, -0.15) is 5.10 Å². The number of nitrogens with zero attached hydrogens (tertiary/aromatic N) is 3. The lowest BCUT2D eigenvalue weighted by molar-refractivity contribution is -0.121. The molecular formula is C30H36N4O3. The van der Waals surface area contributed by atoms with Crippen molar-refractivity contribution in [2.24, 2.45) is 5.10 Å². The van der Waals surface area contributed by atoms with E-state index in [1.807, 2.05) is 25.1 Å². The highest BCUT2D eigenvalue weighted by Gasteiger charge is 2.26. The molecule has 0 aliphatic carbocycles. The van der Waals surface area contributed by atoms with Crippen LogP contribution >= 0.6 is 0 Å². The van der Waals surface area contributed by atoms with Crippen LogP contribution in [0.25, 0.3) is 0 Å². The molecule has 0 saturated carbocycles. The number of hydrogen-bond acceptors (Lipinski definition) is 6. The van der Waals surface area contributed by atoms with E-state index in [1.165, 1.54) is 11.1 Å². The Morgan fingerprint density at radius 2 is 1.46 bits per heavy atom. The van der Waals surface area contributed by atoms with E-state index in [0.29, 0.717) is 30.2 Å². The number of carbonyl (C=O) groups is 1. The third-order valence-corrected chi connectivity index (χ3v) is 6.81. The van der Waals surface area contributed by atoms with Crippen LogP contribution in [0.15, 0.2) is 84.0 Å². The van der Waals surface area contributed by atoms with Crippen LogP contribution in [0.2, 0.25) is 0 Å². The van der Waals surface area contributed by atoms with Crippen molar-refractivity contribution in [3.63, 3.8) is 0 Å². The second-order valence-corrected chi connectivity index (χ2v) is 9.15. The summed E-state index contributed by atoms with van der Waals surface area (Å²) in [6.07, 6.45) is 0.406. The molecule has 0 atom stereocenters. The minimum Gasteiger partial charge on any atom is -0.493 e. The number of rotatable bonds is 10. The molecule has 3 aromatic rings. The summed E-state index contributed by atoms with van der Waals surface area (Å²) in [4.78, 5) is 17.4. The first-order chi connectivity index (χ1) is 18.1. The Bertz CT molecular complexity index is 1140. The molecule has 7 heteroatoms. The van der Waals surface area contributed by atoms with E-state index < -0.39 is 0 Å². The molecule has 0 bridgehead atoms. The number of amides is 1. The van der Waals surface area contributed by atoms with Gasteiger partial charge in [0.2, 0.25) is 5.91 Å². The van der Waals surface area contributed by atoms with Gasteiger partial charge in [-0.3, -0.25) is 9.69 Å². The van der Waals surface area contributed by atoms with E-state index in [0.717, 1.165) is 31.7 Å². The van der Waals surface area contributed by atoms with Crippen molar-refractivity contribution in [2.45, 2.75) is 19.4 Å². The van der Waals surface area contributed by atoms with Gasteiger partial charge in [-0.25, -0.2) is 5.43 Å². The Labute approximate surface area is 219 Å². The van der Waals surface area contributed by atoms with Gasteiger partial charge in [-0.15, -0.1) is 0 Å². The molecule has 0 spiro atoms. The standard InChI is InChI=1S/C30H36N4O3/c1-23(26-14-15-27(36-2)28(22-26)37-3)31-32-29(35)16-17-33-18-20-34(21-19-33)30(24-10-6-4-7-11-24)25-12-8-5-9-13-25/h4-15,22,30H,16-21H2,1-3H3,(H,32,35). The van der Waals surface area contributed by atoms with Gasteiger partial charge in [0.25, 0.3) is 0 Å². The quantitative estimate of drug-likeness (QED) is 0.331. The Morgan fingerprint density at radius 3 is 2.03 bits per heavy atom. The van der Waals surface area contributed by atoms with Crippen molar-refractivity contribution in [1.29, 1.82) is 0 Å². The molecule has 37 heavy (non-hydrogen) atoms. The molecule has 1 saturated heterocycles. The van der Waals surface area contributed by atoms with E-state index in [4.69, 9.17) is 9.47 Å². The third-order valence-electron chi connectivity index (χ3n) is 6.81. The molecule has 1 aliphatic heterocycles. The van der Waals surface area contributed by atoms with E-state index in [2.05, 4.69) is 81.0 Å². The molecule has 4 rings (SSSR count). The summed E-state index contributed by atoms with van der Waals surface area (Å²) in [5, 5.41) is 4.29. The fourth-order valence-electron chi connectivity index (χ4n) is 4.72. The van der Waals surface area contributed by atoms with Crippen LogP contribution < -0.4 is 14.9 Å². The van der Waals surface area contributed by atoms with Crippen LogP contribution in [0.5, 0.6) is 11.5 Å². The summed E-state index contributed by atoms with van der Waals surface area (Å²) < 4.78 is 10.6. The third kappa shape index (κ3) is 6.96. The minimum absolute atomic E-state index is 0.0892. The van der Waals surface area contributed by atoms with E-state index in [9.17, 15) is 4.79 Å². The van der Waals surface area contributed by atoms with Crippen molar-refractivity contribution in [3.05, 3.63) is 95.6 Å². The lowest BCUT2D eigenvalue weighted by Crippen LogP contribution is -2.48. The number of nitrogens with one attached hydrogen (secondary N) is 1. The monoisotopic (exact) mass is 500 g/mol. The minimum atomic E-state index is -0.0892. The Morgan fingerprint density at radius 1 is 0.865 bits per heavy atom. The molecule has 194 valence electrons. The average molecular weight is 501 g/mol. The highest BCUT2D eigenvalue weighted by atomic mass is 16.5. The van der Waals surface area contributed by atoms with Crippen LogP contribution in [0.4, 0.5) is 0 Å². The Balaban J connectivity index is 1.28. The van der Waals surface area contributed by atoms with Gasteiger partial charge in [0.05, 0.1) is 26.0 Å². The first kappa shape index (κ1) is 26.4. The SMILES string of the molecule is COc1ccc(C(C)=NNC(=O)CCN2CCN(C(c3ccccc3)c3ccccc3)CC2)cc1OC. The second kappa shape index (κ2) is 13.0. The maximum Gasteiger partial charge on any atom is 0.241 e. The van der Waals surface area contributed by atoms with E-state index in [-0.39, 0.29) is 11.9 Å². The van der Waals surface area contributed by atoms with E-state index in [1.54, 1.807) is 14.2 Å². The molecule has 0 aromatic heterocycles. The number of benzene rings is 3. The van der Waals surface area contributed by atoms with Gasteiger partial charge in [-0.05, 0) is 36.2 Å².